The van der Waals surface area contributed by atoms with Gasteiger partial charge in [-0.25, -0.2) is 4.39 Å². The molecule has 220 valence electrons. The molecule has 9 rings (SSSR count). The van der Waals surface area contributed by atoms with E-state index in [1.807, 2.05) is 126 Å². The highest BCUT2D eigenvalue weighted by atomic mass is 19.1. The number of para-hydroxylation sites is 4. The Morgan fingerprint density at radius 2 is 0.745 bits per heavy atom. The molecule has 7 aromatic carbocycles. The van der Waals surface area contributed by atoms with Crippen LogP contribution >= 0.6 is 0 Å². The molecule has 0 bridgehead atoms. The molecule has 0 fully saturated rings. The van der Waals surface area contributed by atoms with Gasteiger partial charge in [-0.1, -0.05) is 133 Å². The SMILES string of the molecule is N#Cc1c(-c2ccccc2)c(F)c(-n2c3ccccc3c3ccccc32)c(-c2ccccc2)c1-n1c2ccccc2c2ccccc21. The van der Waals surface area contributed by atoms with Gasteiger partial charge in [-0.2, -0.15) is 5.26 Å². The minimum atomic E-state index is -0.442. The summed E-state index contributed by atoms with van der Waals surface area (Å²) in [6.07, 6.45) is 0. The maximum atomic E-state index is 18.0. The molecule has 0 saturated heterocycles. The van der Waals surface area contributed by atoms with Crippen molar-refractivity contribution in [2.45, 2.75) is 0 Å². The summed E-state index contributed by atoms with van der Waals surface area (Å²) in [4.78, 5) is 0. The summed E-state index contributed by atoms with van der Waals surface area (Å²) in [6.45, 7) is 0. The van der Waals surface area contributed by atoms with Crippen molar-refractivity contribution in [2.75, 3.05) is 0 Å². The molecule has 0 spiro atoms. The van der Waals surface area contributed by atoms with Crippen LogP contribution in [0.2, 0.25) is 0 Å². The molecule has 0 radical (unpaired) electrons. The summed E-state index contributed by atoms with van der Waals surface area (Å²) < 4.78 is 22.2. The van der Waals surface area contributed by atoms with Crippen molar-refractivity contribution in [3.05, 3.63) is 169 Å². The van der Waals surface area contributed by atoms with Gasteiger partial charge in [0.15, 0.2) is 5.82 Å². The Bertz CT molecular complexity index is 2590. The molecule has 2 heterocycles. The average molecular weight is 604 g/mol. The van der Waals surface area contributed by atoms with Crippen LogP contribution in [0.3, 0.4) is 0 Å². The lowest BCUT2D eigenvalue weighted by Gasteiger charge is -2.24. The van der Waals surface area contributed by atoms with Crippen LogP contribution in [0.5, 0.6) is 0 Å². The summed E-state index contributed by atoms with van der Waals surface area (Å²) in [6, 6.07) is 54.6. The van der Waals surface area contributed by atoms with Gasteiger partial charge >= 0.3 is 0 Å². The first-order chi connectivity index (χ1) is 23.3. The van der Waals surface area contributed by atoms with Gasteiger partial charge in [0.2, 0.25) is 0 Å². The third-order valence-electron chi connectivity index (χ3n) is 9.23. The number of hydrogen-bond acceptors (Lipinski definition) is 1. The van der Waals surface area contributed by atoms with Crippen molar-refractivity contribution in [3.63, 3.8) is 0 Å². The highest BCUT2D eigenvalue weighted by molar-refractivity contribution is 6.12. The number of fused-ring (bicyclic) bond motifs is 6. The number of halogens is 1. The maximum Gasteiger partial charge on any atom is 0.157 e. The minimum Gasteiger partial charge on any atom is -0.307 e. The van der Waals surface area contributed by atoms with E-state index in [0.717, 1.165) is 49.2 Å². The van der Waals surface area contributed by atoms with E-state index in [0.29, 0.717) is 22.5 Å². The number of rotatable bonds is 4. The number of aromatic nitrogens is 2. The first kappa shape index (κ1) is 26.9. The van der Waals surface area contributed by atoms with E-state index in [2.05, 4.69) is 47.0 Å². The number of nitriles is 1. The molecule has 47 heavy (non-hydrogen) atoms. The van der Waals surface area contributed by atoms with Crippen LogP contribution < -0.4 is 0 Å². The summed E-state index contributed by atoms with van der Waals surface area (Å²) in [5, 5.41) is 15.3. The maximum absolute atomic E-state index is 18.0. The van der Waals surface area contributed by atoms with Crippen molar-refractivity contribution in [1.29, 1.82) is 5.26 Å². The van der Waals surface area contributed by atoms with Gasteiger partial charge in [-0.05, 0) is 35.4 Å². The molecule has 2 aromatic heterocycles. The molecule has 0 amide bonds. The molecule has 0 unspecified atom stereocenters. The van der Waals surface area contributed by atoms with Gasteiger partial charge < -0.3 is 9.13 Å². The van der Waals surface area contributed by atoms with Crippen molar-refractivity contribution >= 4 is 43.6 Å². The van der Waals surface area contributed by atoms with E-state index in [-0.39, 0.29) is 11.1 Å². The first-order valence-corrected chi connectivity index (χ1v) is 15.6. The zero-order valence-corrected chi connectivity index (χ0v) is 25.2. The summed E-state index contributed by atoms with van der Waals surface area (Å²) in [5.74, 6) is -0.442. The lowest BCUT2D eigenvalue weighted by molar-refractivity contribution is 0.624. The average Bonchev–Trinajstić information content (AvgIpc) is 3.65. The molecule has 0 aliphatic carbocycles. The second-order valence-electron chi connectivity index (χ2n) is 11.7. The van der Waals surface area contributed by atoms with E-state index < -0.39 is 5.82 Å². The van der Waals surface area contributed by atoms with Gasteiger partial charge in [-0.15, -0.1) is 0 Å². The molecule has 0 aliphatic heterocycles. The van der Waals surface area contributed by atoms with E-state index >= 15 is 4.39 Å². The molecule has 0 aliphatic rings. The summed E-state index contributed by atoms with van der Waals surface area (Å²) in [5.41, 5.74) is 7.39. The van der Waals surface area contributed by atoms with Gasteiger partial charge in [-0.3, -0.25) is 0 Å². The van der Waals surface area contributed by atoms with Gasteiger partial charge in [0, 0.05) is 32.7 Å². The Morgan fingerprint density at radius 3 is 1.15 bits per heavy atom. The largest absolute Gasteiger partial charge is 0.307 e. The predicted octanol–water partition coefficient (Wildman–Crippen LogP) is 11.2. The number of benzene rings is 7. The topological polar surface area (TPSA) is 33.6 Å². The van der Waals surface area contributed by atoms with Crippen LogP contribution in [0.1, 0.15) is 5.56 Å². The highest BCUT2D eigenvalue weighted by Crippen LogP contribution is 2.47. The van der Waals surface area contributed by atoms with Gasteiger partial charge in [0.1, 0.15) is 6.07 Å². The fourth-order valence-corrected chi connectivity index (χ4v) is 7.32. The molecule has 0 N–H and O–H groups in total. The standard InChI is InChI=1S/C43H26FN3/c44-41-39(28-15-3-1-4-16-28)34(27-45)42(46-35-23-11-7-19-30(35)31-20-8-12-24-36(31)46)40(29-17-5-2-6-18-29)43(41)47-37-25-13-9-21-32(37)33-22-10-14-26-38(33)47/h1-26H. The summed E-state index contributed by atoms with van der Waals surface area (Å²) in [7, 11) is 0. The zero-order valence-electron chi connectivity index (χ0n) is 25.2. The molecule has 0 saturated carbocycles. The fourth-order valence-electron chi connectivity index (χ4n) is 7.32. The highest BCUT2D eigenvalue weighted by Gasteiger charge is 2.31. The van der Waals surface area contributed by atoms with Crippen LogP contribution in [0.15, 0.2) is 158 Å². The van der Waals surface area contributed by atoms with Gasteiger partial charge in [0.05, 0.1) is 39.0 Å². The van der Waals surface area contributed by atoms with Crippen molar-refractivity contribution in [2.24, 2.45) is 0 Å². The smallest absolute Gasteiger partial charge is 0.157 e. The van der Waals surface area contributed by atoms with Crippen LogP contribution in [0.25, 0.3) is 77.2 Å². The Kier molecular flexibility index (Phi) is 6.06. The van der Waals surface area contributed by atoms with Crippen molar-refractivity contribution < 1.29 is 4.39 Å². The van der Waals surface area contributed by atoms with Gasteiger partial charge in [0.25, 0.3) is 0 Å². The van der Waals surface area contributed by atoms with Crippen LogP contribution in [0.4, 0.5) is 4.39 Å². The van der Waals surface area contributed by atoms with Crippen molar-refractivity contribution in [1.82, 2.24) is 9.13 Å². The van der Waals surface area contributed by atoms with E-state index in [1.54, 1.807) is 0 Å². The predicted molar refractivity (Wildman–Crippen MR) is 191 cm³/mol. The Morgan fingerprint density at radius 1 is 0.404 bits per heavy atom. The van der Waals surface area contributed by atoms with Crippen LogP contribution in [-0.4, -0.2) is 9.13 Å². The molecule has 0 atom stereocenters. The second kappa shape index (κ2) is 10.6. The second-order valence-corrected chi connectivity index (χ2v) is 11.7. The van der Waals surface area contributed by atoms with E-state index in [4.69, 9.17) is 0 Å². The first-order valence-electron chi connectivity index (χ1n) is 15.6. The number of nitrogens with zero attached hydrogens (tertiary/aromatic N) is 3. The van der Waals surface area contributed by atoms with E-state index in [9.17, 15) is 5.26 Å². The quantitative estimate of drug-likeness (QED) is 0.197. The monoisotopic (exact) mass is 603 g/mol. The Hall–Kier alpha value is -6.44. The number of hydrogen-bond donors (Lipinski definition) is 0. The lowest BCUT2D eigenvalue weighted by Crippen LogP contribution is -2.11. The third kappa shape index (κ3) is 3.90. The Balaban J connectivity index is 1.60. The van der Waals surface area contributed by atoms with E-state index in [1.165, 1.54) is 0 Å². The van der Waals surface area contributed by atoms with Crippen molar-refractivity contribution in [3.8, 4) is 39.7 Å². The summed E-state index contributed by atoms with van der Waals surface area (Å²) >= 11 is 0. The lowest BCUT2D eigenvalue weighted by atomic mass is 9.90. The third-order valence-corrected chi connectivity index (χ3v) is 9.23. The molecular formula is C43H26FN3. The molecule has 9 aromatic rings. The molecular weight excluding hydrogens is 577 g/mol. The fraction of sp³-hybridized carbons (Fsp3) is 0. The molecule has 3 nitrogen and oxygen atoms in total. The zero-order chi connectivity index (χ0) is 31.5. The normalized spacial score (nSPS) is 11.5. The molecule has 4 heteroatoms. The minimum absolute atomic E-state index is 0.279. The van der Waals surface area contributed by atoms with Crippen LogP contribution in [-0.2, 0) is 0 Å². The Labute approximate surface area is 270 Å². The van der Waals surface area contributed by atoms with Crippen LogP contribution in [0, 0.1) is 17.1 Å².